The Morgan fingerprint density at radius 1 is 1.37 bits per heavy atom. The van der Waals surface area contributed by atoms with Gasteiger partial charge in [0, 0.05) is 28.7 Å². The van der Waals surface area contributed by atoms with Crippen LogP contribution in [-0.4, -0.2) is 12.6 Å². The summed E-state index contributed by atoms with van der Waals surface area (Å²) in [5.41, 5.74) is 3.36. The lowest BCUT2D eigenvalue weighted by Crippen LogP contribution is -2.22. The number of benzene rings is 1. The first kappa shape index (κ1) is 16.6. The standard InChI is InChI=1S/C14H18Cl3NO/c1-9(2)18-7-11-4-12(16)5-13(17)14(11)19-8-10(3)6-15/h4-6,9,18H,7-8H2,1-3H3/b10-6+. The van der Waals surface area contributed by atoms with Gasteiger partial charge in [-0.2, -0.15) is 0 Å². The van der Waals surface area contributed by atoms with Gasteiger partial charge >= 0.3 is 0 Å². The van der Waals surface area contributed by atoms with Gasteiger partial charge in [0.15, 0.2) is 0 Å². The molecule has 106 valence electrons. The molecule has 1 rings (SSSR count). The van der Waals surface area contributed by atoms with E-state index < -0.39 is 0 Å². The second kappa shape index (κ2) is 8.01. The number of nitrogens with one attached hydrogen (secondary N) is 1. The van der Waals surface area contributed by atoms with E-state index in [9.17, 15) is 0 Å². The summed E-state index contributed by atoms with van der Waals surface area (Å²) in [7, 11) is 0. The first-order valence-electron chi connectivity index (χ1n) is 6.04. The van der Waals surface area contributed by atoms with Gasteiger partial charge in [-0.15, -0.1) is 0 Å². The predicted molar refractivity (Wildman–Crippen MR) is 83.5 cm³/mol. The fraction of sp³-hybridized carbons (Fsp3) is 0.429. The van der Waals surface area contributed by atoms with Crippen molar-refractivity contribution in [2.45, 2.75) is 33.4 Å². The van der Waals surface area contributed by atoms with E-state index in [2.05, 4.69) is 19.2 Å². The Balaban J connectivity index is 2.92. The van der Waals surface area contributed by atoms with Gasteiger partial charge in [-0.05, 0) is 24.6 Å². The molecule has 0 heterocycles. The number of hydrogen-bond donors (Lipinski definition) is 1. The highest BCUT2D eigenvalue weighted by molar-refractivity contribution is 6.35. The van der Waals surface area contributed by atoms with Crippen LogP contribution in [0.4, 0.5) is 0 Å². The Kier molecular flexibility index (Phi) is 7.01. The summed E-state index contributed by atoms with van der Waals surface area (Å²) >= 11 is 17.8. The van der Waals surface area contributed by atoms with Crippen LogP contribution in [0.25, 0.3) is 0 Å². The second-order valence-corrected chi connectivity index (χ2v) is 5.72. The molecule has 0 bridgehead atoms. The summed E-state index contributed by atoms with van der Waals surface area (Å²) in [6, 6.07) is 3.91. The second-order valence-electron chi connectivity index (χ2n) is 4.66. The summed E-state index contributed by atoms with van der Waals surface area (Å²) in [5, 5.41) is 4.43. The van der Waals surface area contributed by atoms with Crippen LogP contribution in [0.2, 0.25) is 10.0 Å². The van der Waals surface area contributed by atoms with E-state index in [4.69, 9.17) is 39.5 Å². The minimum Gasteiger partial charge on any atom is -0.487 e. The molecular formula is C14H18Cl3NO. The zero-order valence-corrected chi connectivity index (χ0v) is 13.5. The molecule has 19 heavy (non-hydrogen) atoms. The van der Waals surface area contributed by atoms with Crippen LogP contribution < -0.4 is 10.1 Å². The van der Waals surface area contributed by atoms with Gasteiger partial charge in [-0.25, -0.2) is 0 Å². The Morgan fingerprint density at radius 2 is 2.05 bits per heavy atom. The van der Waals surface area contributed by atoms with Crippen molar-refractivity contribution in [1.82, 2.24) is 5.32 Å². The van der Waals surface area contributed by atoms with Crippen molar-refractivity contribution in [3.05, 3.63) is 38.8 Å². The SMILES string of the molecule is C/C(=C\Cl)COc1c(Cl)cc(Cl)cc1CNC(C)C. The first-order valence-corrected chi connectivity index (χ1v) is 7.23. The third-order valence-electron chi connectivity index (χ3n) is 2.42. The molecule has 0 atom stereocenters. The van der Waals surface area contributed by atoms with E-state index >= 15 is 0 Å². The van der Waals surface area contributed by atoms with Crippen LogP contribution in [0.5, 0.6) is 5.75 Å². The monoisotopic (exact) mass is 321 g/mol. The largest absolute Gasteiger partial charge is 0.487 e. The molecule has 1 aromatic carbocycles. The topological polar surface area (TPSA) is 21.3 Å². The zero-order valence-electron chi connectivity index (χ0n) is 11.3. The molecule has 1 aromatic rings. The van der Waals surface area contributed by atoms with Crippen LogP contribution in [0, 0.1) is 0 Å². The molecule has 0 amide bonds. The lowest BCUT2D eigenvalue weighted by Gasteiger charge is -2.15. The van der Waals surface area contributed by atoms with Crippen LogP contribution in [-0.2, 0) is 6.54 Å². The van der Waals surface area contributed by atoms with Gasteiger partial charge < -0.3 is 10.1 Å². The van der Waals surface area contributed by atoms with Crippen molar-refractivity contribution >= 4 is 34.8 Å². The third kappa shape index (κ3) is 5.62. The molecule has 0 aliphatic rings. The van der Waals surface area contributed by atoms with Crippen molar-refractivity contribution in [2.24, 2.45) is 0 Å². The molecule has 0 saturated heterocycles. The molecule has 0 aliphatic heterocycles. The number of rotatable bonds is 6. The Morgan fingerprint density at radius 3 is 2.63 bits per heavy atom. The van der Waals surface area contributed by atoms with Crippen molar-refractivity contribution in [1.29, 1.82) is 0 Å². The smallest absolute Gasteiger partial charge is 0.142 e. The maximum Gasteiger partial charge on any atom is 0.142 e. The molecule has 5 heteroatoms. The van der Waals surface area contributed by atoms with Crippen molar-refractivity contribution in [3.8, 4) is 5.75 Å². The molecular weight excluding hydrogens is 305 g/mol. The van der Waals surface area contributed by atoms with Crippen LogP contribution in [0.1, 0.15) is 26.3 Å². The predicted octanol–water partition coefficient (Wildman–Crippen LogP) is 5.01. The highest BCUT2D eigenvalue weighted by atomic mass is 35.5. The van der Waals surface area contributed by atoms with E-state index in [1.807, 2.05) is 13.0 Å². The van der Waals surface area contributed by atoms with Crippen molar-refractivity contribution in [3.63, 3.8) is 0 Å². The van der Waals surface area contributed by atoms with E-state index in [1.54, 1.807) is 6.07 Å². The molecule has 0 unspecified atom stereocenters. The molecule has 1 N–H and O–H groups in total. The van der Waals surface area contributed by atoms with Gasteiger partial charge in [0.1, 0.15) is 12.4 Å². The quantitative estimate of drug-likeness (QED) is 0.794. The van der Waals surface area contributed by atoms with Gasteiger partial charge in [0.25, 0.3) is 0 Å². The molecule has 2 nitrogen and oxygen atoms in total. The van der Waals surface area contributed by atoms with E-state index in [0.717, 1.165) is 11.1 Å². The first-order chi connectivity index (χ1) is 8.93. The number of halogens is 3. The molecule has 0 saturated carbocycles. The minimum absolute atomic E-state index is 0.370. The Bertz CT molecular complexity index is 458. The summed E-state index contributed by atoms with van der Waals surface area (Å²) in [5.74, 6) is 0.650. The highest BCUT2D eigenvalue weighted by Gasteiger charge is 2.11. The fourth-order valence-electron chi connectivity index (χ4n) is 1.44. The van der Waals surface area contributed by atoms with E-state index in [-0.39, 0.29) is 0 Å². The summed E-state index contributed by atoms with van der Waals surface area (Å²) in [4.78, 5) is 0. The highest BCUT2D eigenvalue weighted by Crippen LogP contribution is 2.32. The number of ether oxygens (including phenoxy) is 1. The number of hydrogen-bond acceptors (Lipinski definition) is 2. The molecule has 0 aliphatic carbocycles. The third-order valence-corrected chi connectivity index (χ3v) is 3.29. The van der Waals surface area contributed by atoms with Crippen LogP contribution in [0.15, 0.2) is 23.2 Å². The Hall–Kier alpha value is -0.410. The summed E-state index contributed by atoms with van der Waals surface area (Å²) in [6.45, 7) is 7.10. The van der Waals surface area contributed by atoms with Gasteiger partial charge in [0.05, 0.1) is 5.02 Å². The fourth-order valence-corrected chi connectivity index (χ4v) is 2.09. The van der Waals surface area contributed by atoms with E-state index in [0.29, 0.717) is 35.0 Å². The van der Waals surface area contributed by atoms with Crippen molar-refractivity contribution < 1.29 is 4.74 Å². The molecule has 0 spiro atoms. The lowest BCUT2D eigenvalue weighted by molar-refractivity contribution is 0.347. The maximum absolute atomic E-state index is 6.19. The maximum atomic E-state index is 6.19. The molecule has 0 fully saturated rings. The van der Waals surface area contributed by atoms with E-state index in [1.165, 1.54) is 5.54 Å². The average molecular weight is 323 g/mol. The van der Waals surface area contributed by atoms with Gasteiger partial charge in [-0.1, -0.05) is 48.7 Å². The summed E-state index contributed by atoms with van der Waals surface area (Å²) in [6.07, 6.45) is 0. The normalized spacial score (nSPS) is 12.1. The average Bonchev–Trinajstić information content (AvgIpc) is 2.34. The van der Waals surface area contributed by atoms with Gasteiger partial charge in [-0.3, -0.25) is 0 Å². The Labute approximate surface area is 129 Å². The molecule has 0 aromatic heterocycles. The van der Waals surface area contributed by atoms with Gasteiger partial charge in [0.2, 0.25) is 0 Å². The zero-order chi connectivity index (χ0) is 14.4. The minimum atomic E-state index is 0.370. The van der Waals surface area contributed by atoms with Crippen LogP contribution >= 0.6 is 34.8 Å². The van der Waals surface area contributed by atoms with Crippen LogP contribution in [0.3, 0.4) is 0 Å². The molecule has 0 radical (unpaired) electrons. The van der Waals surface area contributed by atoms with Crippen molar-refractivity contribution in [2.75, 3.05) is 6.61 Å². The summed E-state index contributed by atoms with van der Waals surface area (Å²) < 4.78 is 5.72. The lowest BCUT2D eigenvalue weighted by atomic mass is 10.2.